The Morgan fingerprint density at radius 1 is 0.926 bits per heavy atom. The Bertz CT molecular complexity index is 842. The second kappa shape index (κ2) is 9.69. The van der Waals surface area contributed by atoms with Crippen LogP contribution in [0, 0.1) is 0 Å². The van der Waals surface area contributed by atoms with Gasteiger partial charge in [-0.25, -0.2) is 5.48 Å². The molecular formula is C22H25N3O2. The molecule has 0 unspecified atom stereocenters. The van der Waals surface area contributed by atoms with Crippen molar-refractivity contribution in [2.24, 2.45) is 0 Å². The minimum atomic E-state index is -0.322. The Morgan fingerprint density at radius 2 is 1.67 bits per heavy atom. The number of benzene rings is 2. The average molecular weight is 363 g/mol. The van der Waals surface area contributed by atoms with E-state index in [0.29, 0.717) is 6.42 Å². The quantitative estimate of drug-likeness (QED) is 0.340. The number of hydrogen-bond acceptors (Lipinski definition) is 3. The second-order valence-electron chi connectivity index (χ2n) is 6.66. The maximum absolute atomic E-state index is 10.9. The van der Waals surface area contributed by atoms with Gasteiger partial charge >= 0.3 is 0 Å². The summed E-state index contributed by atoms with van der Waals surface area (Å²) in [5.74, 6) is -0.322. The molecule has 27 heavy (non-hydrogen) atoms. The maximum Gasteiger partial charge on any atom is 0.243 e. The zero-order chi connectivity index (χ0) is 18.9. The van der Waals surface area contributed by atoms with Crippen molar-refractivity contribution in [3.63, 3.8) is 0 Å². The van der Waals surface area contributed by atoms with E-state index >= 15 is 0 Å². The molecule has 0 bridgehead atoms. The number of unbranched alkanes of at least 4 members (excludes halogenated alkanes) is 2. The predicted octanol–water partition coefficient (Wildman–Crippen LogP) is 4.21. The van der Waals surface area contributed by atoms with Crippen LogP contribution >= 0.6 is 0 Å². The van der Waals surface area contributed by atoms with E-state index in [2.05, 4.69) is 59.7 Å². The van der Waals surface area contributed by atoms with Crippen LogP contribution in [0.1, 0.15) is 36.9 Å². The standard InChI is InChI=1S/C22H25N3O2/c26-22(24-27)10-6-2-5-9-21-15-16-25(23-21)17-18-11-13-20(14-12-18)19-7-3-1-4-8-19/h1,3-4,7-8,11-16,27H,2,5-6,9-10,17H2,(H,24,26). The van der Waals surface area contributed by atoms with Crippen molar-refractivity contribution in [1.29, 1.82) is 0 Å². The molecule has 0 aliphatic rings. The molecule has 3 aromatic rings. The van der Waals surface area contributed by atoms with Gasteiger partial charge in [-0.2, -0.15) is 5.10 Å². The van der Waals surface area contributed by atoms with Gasteiger partial charge in [0.15, 0.2) is 0 Å². The lowest BCUT2D eigenvalue weighted by Gasteiger charge is -2.05. The van der Waals surface area contributed by atoms with Gasteiger partial charge in [-0.3, -0.25) is 14.7 Å². The first-order chi connectivity index (χ1) is 13.2. The molecule has 1 amide bonds. The van der Waals surface area contributed by atoms with Gasteiger partial charge in [-0.1, -0.05) is 61.0 Å². The zero-order valence-corrected chi connectivity index (χ0v) is 15.3. The lowest BCUT2D eigenvalue weighted by molar-refractivity contribution is -0.129. The second-order valence-corrected chi connectivity index (χ2v) is 6.66. The Balaban J connectivity index is 1.47. The molecule has 0 radical (unpaired) electrons. The van der Waals surface area contributed by atoms with E-state index in [1.807, 2.05) is 16.9 Å². The molecular weight excluding hydrogens is 338 g/mol. The van der Waals surface area contributed by atoms with Crippen molar-refractivity contribution >= 4 is 5.91 Å². The number of hydrogen-bond donors (Lipinski definition) is 2. The van der Waals surface area contributed by atoms with Crippen molar-refractivity contribution < 1.29 is 10.0 Å². The highest BCUT2D eigenvalue weighted by atomic mass is 16.5. The van der Waals surface area contributed by atoms with Crippen LogP contribution in [0.25, 0.3) is 11.1 Å². The van der Waals surface area contributed by atoms with Gasteiger partial charge in [0.1, 0.15) is 0 Å². The first-order valence-corrected chi connectivity index (χ1v) is 9.34. The van der Waals surface area contributed by atoms with E-state index in [0.717, 1.165) is 37.9 Å². The Labute approximate surface area is 159 Å². The normalized spacial score (nSPS) is 10.7. The predicted molar refractivity (Wildman–Crippen MR) is 105 cm³/mol. The number of aryl methyl sites for hydroxylation is 1. The Hall–Kier alpha value is -2.92. The van der Waals surface area contributed by atoms with Crippen LogP contribution in [0.4, 0.5) is 0 Å². The fraction of sp³-hybridized carbons (Fsp3) is 0.273. The van der Waals surface area contributed by atoms with Crippen LogP contribution in [-0.4, -0.2) is 20.9 Å². The van der Waals surface area contributed by atoms with Gasteiger partial charge in [0.25, 0.3) is 0 Å². The van der Waals surface area contributed by atoms with Crippen molar-refractivity contribution in [1.82, 2.24) is 15.3 Å². The Kier molecular flexibility index (Phi) is 6.77. The summed E-state index contributed by atoms with van der Waals surface area (Å²) in [6.45, 7) is 0.756. The smallest absolute Gasteiger partial charge is 0.243 e. The van der Waals surface area contributed by atoms with Gasteiger partial charge in [-0.15, -0.1) is 0 Å². The molecule has 0 aliphatic carbocycles. The first kappa shape index (κ1) is 18.9. The molecule has 2 aromatic carbocycles. The van der Waals surface area contributed by atoms with Crippen LogP contribution < -0.4 is 5.48 Å². The minimum Gasteiger partial charge on any atom is -0.289 e. The van der Waals surface area contributed by atoms with Gasteiger partial charge in [0, 0.05) is 12.6 Å². The van der Waals surface area contributed by atoms with E-state index in [4.69, 9.17) is 5.21 Å². The molecule has 5 heteroatoms. The summed E-state index contributed by atoms with van der Waals surface area (Å²) in [4.78, 5) is 10.9. The van der Waals surface area contributed by atoms with Crippen LogP contribution in [0.5, 0.6) is 0 Å². The fourth-order valence-electron chi connectivity index (χ4n) is 3.07. The summed E-state index contributed by atoms with van der Waals surface area (Å²) >= 11 is 0. The van der Waals surface area contributed by atoms with Crippen molar-refractivity contribution in [2.75, 3.05) is 0 Å². The monoisotopic (exact) mass is 363 g/mol. The largest absolute Gasteiger partial charge is 0.289 e. The summed E-state index contributed by atoms with van der Waals surface area (Å²) in [7, 11) is 0. The Morgan fingerprint density at radius 3 is 2.41 bits per heavy atom. The summed E-state index contributed by atoms with van der Waals surface area (Å²) in [6, 6.07) is 21.0. The highest BCUT2D eigenvalue weighted by Gasteiger charge is 2.03. The van der Waals surface area contributed by atoms with Crippen LogP contribution in [0.15, 0.2) is 66.9 Å². The van der Waals surface area contributed by atoms with E-state index in [1.165, 1.54) is 16.7 Å². The maximum atomic E-state index is 10.9. The van der Waals surface area contributed by atoms with Crippen molar-refractivity contribution in [2.45, 2.75) is 38.6 Å². The van der Waals surface area contributed by atoms with Gasteiger partial charge in [-0.05, 0) is 42.0 Å². The first-order valence-electron chi connectivity index (χ1n) is 9.34. The van der Waals surface area contributed by atoms with Crippen LogP contribution in [-0.2, 0) is 17.8 Å². The van der Waals surface area contributed by atoms with Gasteiger partial charge in [0.05, 0.1) is 12.2 Å². The molecule has 0 spiro atoms. The van der Waals surface area contributed by atoms with Gasteiger partial charge < -0.3 is 0 Å². The SMILES string of the molecule is O=C(CCCCCc1ccn(Cc2ccc(-c3ccccc3)cc2)n1)NO. The zero-order valence-electron chi connectivity index (χ0n) is 15.3. The van der Waals surface area contributed by atoms with Crippen molar-refractivity contribution in [3.8, 4) is 11.1 Å². The lowest BCUT2D eigenvalue weighted by atomic mass is 10.0. The summed E-state index contributed by atoms with van der Waals surface area (Å²) in [5, 5.41) is 13.1. The molecule has 0 saturated carbocycles. The number of rotatable bonds is 9. The summed E-state index contributed by atoms with van der Waals surface area (Å²) < 4.78 is 1.96. The number of amides is 1. The van der Waals surface area contributed by atoms with E-state index in [9.17, 15) is 4.79 Å². The summed E-state index contributed by atoms with van der Waals surface area (Å²) in [6.07, 6.45) is 5.99. The molecule has 2 N–H and O–H groups in total. The average Bonchev–Trinajstić information content (AvgIpc) is 3.16. The highest BCUT2D eigenvalue weighted by Crippen LogP contribution is 2.19. The number of hydroxylamine groups is 1. The third-order valence-electron chi connectivity index (χ3n) is 4.56. The number of carbonyl (C=O) groups is 1. The molecule has 5 nitrogen and oxygen atoms in total. The third kappa shape index (κ3) is 5.79. The number of aromatic nitrogens is 2. The third-order valence-corrected chi connectivity index (χ3v) is 4.56. The minimum absolute atomic E-state index is 0.322. The summed E-state index contributed by atoms with van der Waals surface area (Å²) in [5.41, 5.74) is 6.39. The van der Waals surface area contributed by atoms with Crippen LogP contribution in [0.3, 0.4) is 0 Å². The molecule has 1 aromatic heterocycles. The molecule has 140 valence electrons. The molecule has 1 heterocycles. The topological polar surface area (TPSA) is 67.2 Å². The molecule has 0 fully saturated rings. The van der Waals surface area contributed by atoms with Crippen LogP contribution in [0.2, 0.25) is 0 Å². The highest BCUT2D eigenvalue weighted by molar-refractivity contribution is 5.74. The van der Waals surface area contributed by atoms with Gasteiger partial charge in [0.2, 0.25) is 5.91 Å². The fourth-order valence-corrected chi connectivity index (χ4v) is 3.07. The van der Waals surface area contributed by atoms with E-state index in [1.54, 1.807) is 5.48 Å². The number of carbonyl (C=O) groups excluding carboxylic acids is 1. The van der Waals surface area contributed by atoms with E-state index in [-0.39, 0.29) is 5.91 Å². The lowest BCUT2D eigenvalue weighted by Crippen LogP contribution is -2.17. The van der Waals surface area contributed by atoms with E-state index < -0.39 is 0 Å². The molecule has 0 aliphatic heterocycles. The molecule has 3 rings (SSSR count). The number of nitrogens with zero attached hydrogens (tertiary/aromatic N) is 2. The molecule has 0 saturated heterocycles. The molecule has 0 atom stereocenters. The van der Waals surface area contributed by atoms with Crippen molar-refractivity contribution in [3.05, 3.63) is 78.1 Å². The number of nitrogens with one attached hydrogen (secondary N) is 1.